The molecule has 33 heavy (non-hydrogen) atoms. The Morgan fingerprint density at radius 3 is 2.18 bits per heavy atom. The number of amides is 2. The van der Waals surface area contributed by atoms with Crippen LogP contribution in [0.3, 0.4) is 0 Å². The highest BCUT2D eigenvalue weighted by molar-refractivity contribution is 5.98. The molecule has 3 aromatic rings. The Morgan fingerprint density at radius 2 is 1.45 bits per heavy atom. The second-order valence-corrected chi connectivity index (χ2v) is 7.82. The summed E-state index contributed by atoms with van der Waals surface area (Å²) in [5.74, 6) is 0.480. The molecule has 0 fully saturated rings. The van der Waals surface area contributed by atoms with Gasteiger partial charge in [-0.2, -0.15) is 0 Å². The zero-order valence-electron chi connectivity index (χ0n) is 19.2. The first kappa shape index (κ1) is 23.9. The topological polar surface area (TPSA) is 76.7 Å². The normalized spacial score (nSPS) is 12.3. The highest BCUT2D eigenvalue weighted by atomic mass is 16.5. The van der Waals surface area contributed by atoms with Gasteiger partial charge in [-0.1, -0.05) is 74.5 Å². The van der Waals surface area contributed by atoms with E-state index in [1.165, 1.54) is 0 Å². The van der Waals surface area contributed by atoms with Gasteiger partial charge in [-0.15, -0.1) is 0 Å². The monoisotopic (exact) mass is 446 g/mol. The van der Waals surface area contributed by atoms with Crippen molar-refractivity contribution < 1.29 is 19.1 Å². The number of carbonyl (C=O) groups is 2. The first-order valence-electron chi connectivity index (χ1n) is 11.1. The van der Waals surface area contributed by atoms with Gasteiger partial charge in [-0.25, -0.2) is 0 Å². The molecule has 2 atom stereocenters. The molecule has 2 unspecified atom stereocenters. The number of hydrazine groups is 1. The number of ether oxygens (including phenoxy) is 2. The maximum absolute atomic E-state index is 12.7. The number of nitrogens with one attached hydrogen (secondary N) is 2. The fourth-order valence-corrected chi connectivity index (χ4v) is 3.26. The van der Waals surface area contributed by atoms with E-state index in [2.05, 4.69) is 24.7 Å². The third kappa shape index (κ3) is 6.59. The zero-order chi connectivity index (χ0) is 23.6. The highest BCUT2D eigenvalue weighted by Crippen LogP contribution is 2.29. The molecule has 0 aliphatic heterocycles. The van der Waals surface area contributed by atoms with Gasteiger partial charge in [-0.3, -0.25) is 20.4 Å². The molecule has 0 saturated carbocycles. The Kier molecular flexibility index (Phi) is 8.47. The van der Waals surface area contributed by atoms with E-state index < -0.39 is 17.9 Å². The molecule has 0 radical (unpaired) electrons. The molecule has 3 aromatic carbocycles. The van der Waals surface area contributed by atoms with Crippen molar-refractivity contribution in [3.8, 4) is 11.5 Å². The number of para-hydroxylation sites is 2. The molecular weight excluding hydrogens is 416 g/mol. The van der Waals surface area contributed by atoms with Gasteiger partial charge >= 0.3 is 0 Å². The van der Waals surface area contributed by atoms with Gasteiger partial charge in [0, 0.05) is 0 Å². The van der Waals surface area contributed by atoms with E-state index in [4.69, 9.17) is 9.47 Å². The van der Waals surface area contributed by atoms with Gasteiger partial charge in [0.2, 0.25) is 0 Å². The number of hydrogen-bond acceptors (Lipinski definition) is 4. The van der Waals surface area contributed by atoms with Crippen molar-refractivity contribution in [2.75, 3.05) is 0 Å². The van der Waals surface area contributed by atoms with Gasteiger partial charge in [-0.05, 0) is 48.6 Å². The summed E-state index contributed by atoms with van der Waals surface area (Å²) >= 11 is 0. The lowest BCUT2D eigenvalue weighted by Gasteiger charge is -2.20. The van der Waals surface area contributed by atoms with Crippen LogP contribution >= 0.6 is 0 Å². The maximum Gasteiger partial charge on any atom is 0.279 e. The highest BCUT2D eigenvalue weighted by Gasteiger charge is 2.19. The second kappa shape index (κ2) is 11.7. The van der Waals surface area contributed by atoms with Crippen molar-refractivity contribution in [2.45, 2.75) is 45.8 Å². The third-order valence-electron chi connectivity index (χ3n) is 5.40. The fourth-order valence-electron chi connectivity index (χ4n) is 3.26. The molecule has 6 nitrogen and oxygen atoms in total. The lowest BCUT2D eigenvalue weighted by Crippen LogP contribution is -2.47. The number of hydrogen-bond donors (Lipinski definition) is 2. The summed E-state index contributed by atoms with van der Waals surface area (Å²) in [6.07, 6.45) is 0.169. The van der Waals surface area contributed by atoms with Crippen molar-refractivity contribution in [3.05, 3.63) is 95.6 Å². The van der Waals surface area contributed by atoms with E-state index in [0.717, 1.165) is 17.5 Å². The van der Waals surface area contributed by atoms with Gasteiger partial charge in [0.25, 0.3) is 11.8 Å². The van der Waals surface area contributed by atoms with E-state index >= 15 is 0 Å². The van der Waals surface area contributed by atoms with Crippen LogP contribution in [-0.2, 0) is 11.4 Å². The van der Waals surface area contributed by atoms with Crippen LogP contribution in [-0.4, -0.2) is 17.9 Å². The Balaban J connectivity index is 1.58. The molecule has 0 aliphatic carbocycles. The van der Waals surface area contributed by atoms with E-state index in [9.17, 15) is 9.59 Å². The minimum Gasteiger partial charge on any atom is -0.488 e. The summed E-state index contributed by atoms with van der Waals surface area (Å²) in [4.78, 5) is 25.2. The van der Waals surface area contributed by atoms with Crippen LogP contribution in [0, 0.1) is 0 Å². The number of carbonyl (C=O) groups excluding carboxylic acids is 2. The standard InChI is InChI=1S/C27H30N2O4/c1-4-19(2)22-14-8-11-17-25(22)33-20(3)26(30)28-29-27(31)23-15-9-10-16-24(23)32-18-21-12-6-5-7-13-21/h5-17,19-20H,4,18H2,1-3H3,(H,28,30)(H,29,31). The Hall–Kier alpha value is -3.80. The van der Waals surface area contributed by atoms with E-state index in [-0.39, 0.29) is 0 Å². The summed E-state index contributed by atoms with van der Waals surface area (Å²) in [6.45, 7) is 6.20. The van der Waals surface area contributed by atoms with Crippen molar-refractivity contribution >= 4 is 11.8 Å². The summed E-state index contributed by atoms with van der Waals surface area (Å²) in [7, 11) is 0. The summed E-state index contributed by atoms with van der Waals surface area (Å²) in [5.41, 5.74) is 7.26. The number of rotatable bonds is 9. The largest absolute Gasteiger partial charge is 0.488 e. The summed E-state index contributed by atoms with van der Waals surface area (Å²) < 4.78 is 11.7. The van der Waals surface area contributed by atoms with Crippen LogP contribution in [0.5, 0.6) is 11.5 Å². The second-order valence-electron chi connectivity index (χ2n) is 7.82. The first-order chi connectivity index (χ1) is 16.0. The van der Waals surface area contributed by atoms with Crippen molar-refractivity contribution in [1.29, 1.82) is 0 Å². The Labute approximate surface area is 194 Å². The summed E-state index contributed by atoms with van der Waals surface area (Å²) in [5, 5.41) is 0. The molecule has 172 valence electrons. The molecule has 2 amide bonds. The lowest BCUT2D eigenvalue weighted by molar-refractivity contribution is -0.128. The van der Waals surface area contributed by atoms with Gasteiger partial charge in [0.15, 0.2) is 6.10 Å². The quantitative estimate of drug-likeness (QED) is 0.453. The smallest absolute Gasteiger partial charge is 0.279 e. The average Bonchev–Trinajstić information content (AvgIpc) is 2.86. The minimum absolute atomic E-state index is 0.309. The van der Waals surface area contributed by atoms with Crippen LogP contribution in [0.2, 0.25) is 0 Å². The predicted octanol–water partition coefficient (Wildman–Crippen LogP) is 5.01. The summed E-state index contributed by atoms with van der Waals surface area (Å²) in [6, 6.07) is 24.3. The molecule has 0 aliphatic rings. The Morgan fingerprint density at radius 1 is 0.818 bits per heavy atom. The van der Waals surface area contributed by atoms with Crippen LogP contribution in [0.4, 0.5) is 0 Å². The van der Waals surface area contributed by atoms with Crippen molar-refractivity contribution in [2.24, 2.45) is 0 Å². The van der Waals surface area contributed by atoms with Gasteiger partial charge in [0.05, 0.1) is 5.56 Å². The number of benzene rings is 3. The molecule has 3 rings (SSSR count). The molecule has 6 heteroatoms. The van der Waals surface area contributed by atoms with E-state index in [1.807, 2.05) is 54.6 Å². The van der Waals surface area contributed by atoms with Crippen LogP contribution in [0.25, 0.3) is 0 Å². The van der Waals surface area contributed by atoms with Crippen molar-refractivity contribution in [1.82, 2.24) is 10.9 Å². The first-order valence-corrected chi connectivity index (χ1v) is 11.1. The van der Waals surface area contributed by atoms with Crippen LogP contribution < -0.4 is 20.3 Å². The van der Waals surface area contributed by atoms with Crippen LogP contribution in [0.15, 0.2) is 78.9 Å². The maximum atomic E-state index is 12.7. The van der Waals surface area contributed by atoms with Crippen molar-refractivity contribution in [3.63, 3.8) is 0 Å². The molecule has 0 aromatic heterocycles. The van der Waals surface area contributed by atoms with Gasteiger partial charge < -0.3 is 9.47 Å². The van der Waals surface area contributed by atoms with Gasteiger partial charge in [0.1, 0.15) is 18.1 Å². The SMILES string of the molecule is CCC(C)c1ccccc1OC(C)C(=O)NNC(=O)c1ccccc1OCc1ccccc1. The molecule has 0 saturated heterocycles. The fraction of sp³-hybridized carbons (Fsp3) is 0.259. The molecule has 0 bridgehead atoms. The Bertz CT molecular complexity index is 1070. The minimum atomic E-state index is -0.792. The van der Waals surface area contributed by atoms with E-state index in [1.54, 1.807) is 31.2 Å². The lowest BCUT2D eigenvalue weighted by atomic mass is 9.98. The van der Waals surface area contributed by atoms with E-state index in [0.29, 0.717) is 29.6 Å². The molecule has 0 heterocycles. The molecular formula is C27H30N2O4. The average molecular weight is 447 g/mol. The molecule has 2 N–H and O–H groups in total. The molecule has 0 spiro atoms. The van der Waals surface area contributed by atoms with Crippen LogP contribution in [0.1, 0.15) is 54.6 Å². The third-order valence-corrected chi connectivity index (χ3v) is 5.40. The predicted molar refractivity (Wildman–Crippen MR) is 128 cm³/mol. The zero-order valence-corrected chi connectivity index (χ0v) is 19.2.